The zero-order valence-corrected chi connectivity index (χ0v) is 13.4. The summed E-state index contributed by atoms with van der Waals surface area (Å²) in [7, 11) is 0. The SMILES string of the molecule is O=C1CC(=Cc2cc3c(cc2[N+](=O)[O-])OCO3)C(=O)N1c1ccccc1. The summed E-state index contributed by atoms with van der Waals surface area (Å²) in [4.78, 5) is 36.8. The fourth-order valence-electron chi connectivity index (χ4n) is 2.93. The van der Waals surface area contributed by atoms with Gasteiger partial charge in [-0.05, 0) is 24.3 Å². The van der Waals surface area contributed by atoms with Gasteiger partial charge in [0.15, 0.2) is 11.5 Å². The molecule has 2 aliphatic rings. The summed E-state index contributed by atoms with van der Waals surface area (Å²) < 4.78 is 10.4. The predicted octanol–water partition coefficient (Wildman–Crippen LogP) is 2.67. The summed E-state index contributed by atoms with van der Waals surface area (Å²) in [6.45, 7) is -0.0221. The minimum absolute atomic E-state index is 0.0221. The molecule has 130 valence electrons. The number of amides is 2. The molecule has 0 aromatic heterocycles. The molecule has 0 saturated carbocycles. The first-order valence-corrected chi connectivity index (χ1v) is 7.75. The van der Waals surface area contributed by atoms with E-state index in [1.165, 1.54) is 18.2 Å². The number of ether oxygens (including phenoxy) is 2. The molecule has 0 bridgehead atoms. The van der Waals surface area contributed by atoms with E-state index in [2.05, 4.69) is 0 Å². The maximum atomic E-state index is 12.6. The van der Waals surface area contributed by atoms with Crippen molar-refractivity contribution in [3.63, 3.8) is 0 Å². The molecule has 0 aliphatic carbocycles. The zero-order valence-electron chi connectivity index (χ0n) is 13.4. The van der Waals surface area contributed by atoms with E-state index in [4.69, 9.17) is 9.47 Å². The number of hydrogen-bond acceptors (Lipinski definition) is 6. The van der Waals surface area contributed by atoms with Crippen LogP contribution in [0.25, 0.3) is 6.08 Å². The summed E-state index contributed by atoms with van der Waals surface area (Å²) >= 11 is 0. The minimum atomic E-state index is -0.565. The summed E-state index contributed by atoms with van der Waals surface area (Å²) in [6.07, 6.45) is 1.24. The molecule has 2 heterocycles. The number of carbonyl (C=O) groups is 2. The van der Waals surface area contributed by atoms with E-state index < -0.39 is 10.8 Å². The Kier molecular flexibility index (Phi) is 3.65. The van der Waals surface area contributed by atoms with E-state index in [1.54, 1.807) is 30.3 Å². The van der Waals surface area contributed by atoms with Crippen molar-refractivity contribution in [3.8, 4) is 11.5 Å². The molecule has 2 aromatic rings. The van der Waals surface area contributed by atoms with Crippen LogP contribution in [0.2, 0.25) is 0 Å². The van der Waals surface area contributed by atoms with Gasteiger partial charge < -0.3 is 9.47 Å². The highest BCUT2D eigenvalue weighted by Crippen LogP contribution is 2.39. The average molecular weight is 352 g/mol. The number of benzene rings is 2. The molecule has 2 aliphatic heterocycles. The molecule has 8 heteroatoms. The number of anilines is 1. The Labute approximate surface area is 147 Å². The lowest BCUT2D eigenvalue weighted by Gasteiger charge is -2.12. The quantitative estimate of drug-likeness (QED) is 0.364. The highest BCUT2D eigenvalue weighted by Gasteiger charge is 2.35. The predicted molar refractivity (Wildman–Crippen MR) is 90.7 cm³/mol. The van der Waals surface area contributed by atoms with Gasteiger partial charge in [-0.15, -0.1) is 0 Å². The molecule has 0 atom stereocenters. The Morgan fingerprint density at radius 3 is 2.46 bits per heavy atom. The van der Waals surface area contributed by atoms with Crippen LogP contribution < -0.4 is 14.4 Å². The second-order valence-electron chi connectivity index (χ2n) is 5.74. The summed E-state index contributed by atoms with van der Waals surface area (Å²) in [6, 6.07) is 11.2. The van der Waals surface area contributed by atoms with Crippen LogP contribution >= 0.6 is 0 Å². The number of nitro benzene ring substituents is 1. The van der Waals surface area contributed by atoms with Crippen molar-refractivity contribution in [3.05, 3.63) is 63.7 Å². The van der Waals surface area contributed by atoms with E-state index in [-0.39, 0.29) is 41.7 Å². The van der Waals surface area contributed by atoms with E-state index in [0.717, 1.165) is 4.90 Å². The van der Waals surface area contributed by atoms with Gasteiger partial charge in [0.1, 0.15) is 0 Å². The van der Waals surface area contributed by atoms with E-state index in [1.807, 2.05) is 0 Å². The Hall–Kier alpha value is -3.68. The molecule has 26 heavy (non-hydrogen) atoms. The number of fused-ring (bicyclic) bond motifs is 1. The lowest BCUT2D eigenvalue weighted by molar-refractivity contribution is -0.385. The number of para-hydroxylation sites is 1. The topological polar surface area (TPSA) is 99.0 Å². The van der Waals surface area contributed by atoms with Gasteiger partial charge in [-0.1, -0.05) is 18.2 Å². The normalized spacial score (nSPS) is 17.2. The number of rotatable bonds is 3. The van der Waals surface area contributed by atoms with E-state index in [0.29, 0.717) is 11.4 Å². The molecule has 0 radical (unpaired) electrons. The third kappa shape index (κ3) is 2.57. The molecular formula is C18H12N2O6. The molecule has 1 fully saturated rings. The van der Waals surface area contributed by atoms with Crippen molar-refractivity contribution in [2.45, 2.75) is 6.42 Å². The number of carbonyl (C=O) groups excluding carboxylic acids is 2. The number of hydrogen-bond donors (Lipinski definition) is 0. The first-order valence-electron chi connectivity index (χ1n) is 7.75. The van der Waals surface area contributed by atoms with Crippen LogP contribution in [0.4, 0.5) is 11.4 Å². The van der Waals surface area contributed by atoms with Gasteiger partial charge in [0.05, 0.1) is 28.7 Å². The van der Waals surface area contributed by atoms with Crippen molar-refractivity contribution in [1.82, 2.24) is 0 Å². The lowest BCUT2D eigenvalue weighted by Crippen LogP contribution is -2.28. The largest absolute Gasteiger partial charge is 0.454 e. The van der Waals surface area contributed by atoms with Gasteiger partial charge in [-0.3, -0.25) is 19.7 Å². The van der Waals surface area contributed by atoms with Gasteiger partial charge in [-0.25, -0.2) is 4.90 Å². The van der Waals surface area contributed by atoms with Crippen molar-refractivity contribution < 1.29 is 24.0 Å². The molecule has 2 aromatic carbocycles. The molecule has 0 N–H and O–H groups in total. The highest BCUT2D eigenvalue weighted by molar-refractivity contribution is 6.29. The van der Waals surface area contributed by atoms with Crippen LogP contribution in [0.1, 0.15) is 12.0 Å². The second-order valence-corrected chi connectivity index (χ2v) is 5.74. The molecule has 8 nitrogen and oxygen atoms in total. The number of nitro groups is 1. The lowest BCUT2D eigenvalue weighted by atomic mass is 10.1. The number of imide groups is 1. The van der Waals surface area contributed by atoms with Crippen molar-refractivity contribution in [2.75, 3.05) is 11.7 Å². The van der Waals surface area contributed by atoms with E-state index in [9.17, 15) is 19.7 Å². The monoisotopic (exact) mass is 352 g/mol. The highest BCUT2D eigenvalue weighted by atomic mass is 16.7. The van der Waals surface area contributed by atoms with Crippen LogP contribution in [0.5, 0.6) is 11.5 Å². The average Bonchev–Trinajstić information content (AvgIpc) is 3.19. The van der Waals surface area contributed by atoms with Crippen molar-refractivity contribution >= 4 is 29.3 Å². The molecule has 0 spiro atoms. The maximum absolute atomic E-state index is 12.6. The Bertz CT molecular complexity index is 967. The standard InChI is InChI=1S/C18H12N2O6/c21-17-8-12(18(22)19(17)13-4-2-1-3-5-13)6-11-7-15-16(26-10-25-15)9-14(11)20(23)24/h1-7,9H,8,10H2. The third-order valence-electron chi connectivity index (χ3n) is 4.13. The Morgan fingerprint density at radius 1 is 1.08 bits per heavy atom. The summed E-state index contributed by atoms with van der Waals surface area (Å²) in [5.74, 6) is -0.235. The van der Waals surface area contributed by atoms with Gasteiger partial charge in [0, 0.05) is 5.57 Å². The molecule has 1 saturated heterocycles. The molecular weight excluding hydrogens is 340 g/mol. The third-order valence-corrected chi connectivity index (χ3v) is 4.13. The van der Waals surface area contributed by atoms with Gasteiger partial charge in [0.25, 0.3) is 11.6 Å². The van der Waals surface area contributed by atoms with Gasteiger partial charge in [0.2, 0.25) is 12.7 Å². The smallest absolute Gasteiger partial charge is 0.280 e. The van der Waals surface area contributed by atoms with Crippen LogP contribution in [-0.4, -0.2) is 23.5 Å². The van der Waals surface area contributed by atoms with Crippen LogP contribution in [0.3, 0.4) is 0 Å². The Balaban J connectivity index is 1.75. The molecule has 4 rings (SSSR count). The second kappa shape index (κ2) is 5.99. The summed E-state index contributed by atoms with van der Waals surface area (Å²) in [5.41, 5.74) is 0.609. The van der Waals surface area contributed by atoms with E-state index >= 15 is 0 Å². The Morgan fingerprint density at radius 2 is 1.77 bits per heavy atom. The van der Waals surface area contributed by atoms with Gasteiger partial charge in [-0.2, -0.15) is 0 Å². The fourth-order valence-corrected chi connectivity index (χ4v) is 2.93. The van der Waals surface area contributed by atoms with Crippen LogP contribution in [0.15, 0.2) is 48.0 Å². The minimum Gasteiger partial charge on any atom is -0.454 e. The maximum Gasteiger partial charge on any atom is 0.280 e. The molecule has 2 amide bonds. The van der Waals surface area contributed by atoms with Gasteiger partial charge >= 0.3 is 0 Å². The first-order chi connectivity index (χ1) is 12.5. The number of nitrogens with zero attached hydrogens (tertiary/aromatic N) is 2. The molecule has 0 unspecified atom stereocenters. The van der Waals surface area contributed by atoms with Crippen molar-refractivity contribution in [2.24, 2.45) is 0 Å². The first kappa shape index (κ1) is 15.8. The van der Waals surface area contributed by atoms with Crippen molar-refractivity contribution in [1.29, 1.82) is 0 Å². The van der Waals surface area contributed by atoms with Crippen LogP contribution in [-0.2, 0) is 9.59 Å². The summed E-state index contributed by atoms with van der Waals surface area (Å²) in [5, 5.41) is 11.3. The fraction of sp³-hybridized carbons (Fsp3) is 0.111. The zero-order chi connectivity index (χ0) is 18.3. The van der Waals surface area contributed by atoms with Crippen LogP contribution in [0, 0.1) is 10.1 Å².